The molecule has 0 unspecified atom stereocenters. The molecular formula is C26H29BrN6S. The van der Waals surface area contributed by atoms with Crippen LogP contribution in [0.1, 0.15) is 31.0 Å². The van der Waals surface area contributed by atoms with Gasteiger partial charge in [0.05, 0.1) is 11.4 Å². The van der Waals surface area contributed by atoms with Crippen molar-refractivity contribution in [3.8, 4) is 0 Å². The Hall–Kier alpha value is -2.65. The van der Waals surface area contributed by atoms with Gasteiger partial charge in [-0.1, -0.05) is 83.4 Å². The number of hydrazine groups is 1. The number of pyridine rings is 1. The van der Waals surface area contributed by atoms with Crippen LogP contribution in [0.5, 0.6) is 0 Å². The summed E-state index contributed by atoms with van der Waals surface area (Å²) in [5.74, 6) is 2.69. The van der Waals surface area contributed by atoms with Crippen LogP contribution >= 0.6 is 27.9 Å². The molecule has 2 aromatic rings. The zero-order valence-electron chi connectivity index (χ0n) is 19.2. The van der Waals surface area contributed by atoms with Crippen molar-refractivity contribution in [2.75, 3.05) is 12.3 Å². The number of benzene rings is 1. The highest BCUT2D eigenvalue weighted by atomic mass is 79.9. The number of nitrogens with one attached hydrogen (secondary N) is 3. The van der Waals surface area contributed by atoms with Crippen molar-refractivity contribution in [2.45, 2.75) is 26.3 Å². The molecule has 8 heteroatoms. The number of fused-ring (bicyclic) bond motifs is 1. The molecule has 0 atom stereocenters. The Balaban J connectivity index is 1.43. The number of hydrogen-bond donors (Lipinski definition) is 3. The maximum absolute atomic E-state index is 4.92. The van der Waals surface area contributed by atoms with Crippen LogP contribution in [0.2, 0.25) is 0 Å². The Bertz CT molecular complexity index is 1110. The topological polar surface area (TPSA) is 64.6 Å². The van der Waals surface area contributed by atoms with Gasteiger partial charge in [-0.25, -0.2) is 15.4 Å². The summed E-state index contributed by atoms with van der Waals surface area (Å²) < 4.78 is 4.46. The van der Waals surface area contributed by atoms with Gasteiger partial charge in [0, 0.05) is 46.9 Å². The Morgan fingerprint density at radius 1 is 1.21 bits per heavy atom. The number of allylic oxidation sites excluding steroid dienone is 3. The van der Waals surface area contributed by atoms with Gasteiger partial charge >= 0.3 is 0 Å². The molecule has 0 bridgehead atoms. The second-order valence-corrected chi connectivity index (χ2v) is 9.53. The fourth-order valence-electron chi connectivity index (χ4n) is 3.52. The number of nitrogens with zero attached hydrogens (tertiary/aromatic N) is 3. The van der Waals surface area contributed by atoms with Crippen LogP contribution in [-0.2, 0) is 6.54 Å². The second kappa shape index (κ2) is 12.7. The predicted molar refractivity (Wildman–Crippen MR) is 146 cm³/mol. The Labute approximate surface area is 214 Å². The molecule has 176 valence electrons. The minimum Gasteiger partial charge on any atom is -0.341 e. The SMILES string of the molecule is CC/C=C(\C=C/CSNCc1ccccn1)NC1=CC(c2ccccc2)=NC2=C(Br)CCNN12. The van der Waals surface area contributed by atoms with Crippen LogP contribution in [0, 0.1) is 0 Å². The number of halogens is 1. The first-order valence-electron chi connectivity index (χ1n) is 11.4. The van der Waals surface area contributed by atoms with Gasteiger partial charge in [0.25, 0.3) is 0 Å². The lowest BCUT2D eigenvalue weighted by atomic mass is 10.1. The van der Waals surface area contributed by atoms with Gasteiger partial charge in [-0.2, -0.15) is 0 Å². The molecule has 0 spiro atoms. The molecule has 0 fully saturated rings. The van der Waals surface area contributed by atoms with E-state index in [1.807, 2.05) is 47.6 Å². The Morgan fingerprint density at radius 3 is 2.85 bits per heavy atom. The minimum absolute atomic E-state index is 0.744. The minimum atomic E-state index is 0.744. The molecule has 2 aliphatic heterocycles. The van der Waals surface area contributed by atoms with Crippen molar-refractivity contribution in [2.24, 2.45) is 4.99 Å². The third-order valence-corrected chi connectivity index (χ3v) is 6.59. The third-order valence-electron chi connectivity index (χ3n) is 5.13. The average molecular weight is 538 g/mol. The van der Waals surface area contributed by atoms with Crippen LogP contribution < -0.4 is 15.5 Å². The van der Waals surface area contributed by atoms with Crippen LogP contribution in [0.15, 0.2) is 106 Å². The lowest BCUT2D eigenvalue weighted by Gasteiger charge is -2.35. The van der Waals surface area contributed by atoms with Gasteiger partial charge in [0.1, 0.15) is 5.82 Å². The number of rotatable bonds is 10. The van der Waals surface area contributed by atoms with Crippen molar-refractivity contribution < 1.29 is 0 Å². The molecule has 0 saturated heterocycles. The molecule has 34 heavy (non-hydrogen) atoms. The zero-order valence-corrected chi connectivity index (χ0v) is 21.6. The first kappa shape index (κ1) is 24.5. The monoisotopic (exact) mass is 536 g/mol. The average Bonchev–Trinajstić information content (AvgIpc) is 2.87. The molecule has 1 aromatic carbocycles. The largest absolute Gasteiger partial charge is 0.341 e. The molecule has 0 radical (unpaired) electrons. The van der Waals surface area contributed by atoms with Crippen molar-refractivity contribution in [1.29, 1.82) is 0 Å². The van der Waals surface area contributed by atoms with Crippen LogP contribution in [-0.4, -0.2) is 28.0 Å². The first-order valence-corrected chi connectivity index (χ1v) is 13.2. The summed E-state index contributed by atoms with van der Waals surface area (Å²) in [6.45, 7) is 3.74. The molecule has 2 aliphatic rings. The highest BCUT2D eigenvalue weighted by Crippen LogP contribution is 2.29. The van der Waals surface area contributed by atoms with Crippen LogP contribution in [0.3, 0.4) is 0 Å². The van der Waals surface area contributed by atoms with E-state index in [0.717, 1.165) is 70.5 Å². The number of aromatic nitrogens is 1. The van der Waals surface area contributed by atoms with E-state index in [2.05, 4.69) is 79.7 Å². The molecule has 1 aromatic heterocycles. The van der Waals surface area contributed by atoms with Gasteiger partial charge < -0.3 is 5.32 Å². The van der Waals surface area contributed by atoms with Crippen molar-refractivity contribution >= 4 is 33.6 Å². The maximum atomic E-state index is 4.92. The van der Waals surface area contributed by atoms with E-state index in [0.29, 0.717) is 0 Å². The van der Waals surface area contributed by atoms with Gasteiger partial charge in [-0.05, 0) is 31.1 Å². The molecule has 0 amide bonds. The van der Waals surface area contributed by atoms with Crippen LogP contribution in [0.4, 0.5) is 0 Å². The summed E-state index contributed by atoms with van der Waals surface area (Å²) in [6, 6.07) is 16.2. The van der Waals surface area contributed by atoms with E-state index in [9.17, 15) is 0 Å². The van der Waals surface area contributed by atoms with Gasteiger partial charge in [0.15, 0.2) is 5.82 Å². The smallest absolute Gasteiger partial charge is 0.159 e. The van der Waals surface area contributed by atoms with E-state index >= 15 is 0 Å². The van der Waals surface area contributed by atoms with E-state index in [-0.39, 0.29) is 0 Å². The summed E-state index contributed by atoms with van der Waals surface area (Å²) >= 11 is 5.40. The molecule has 6 nitrogen and oxygen atoms in total. The first-order chi connectivity index (χ1) is 16.7. The highest BCUT2D eigenvalue weighted by molar-refractivity contribution is 9.11. The van der Waals surface area contributed by atoms with Gasteiger partial charge in [-0.15, -0.1) is 0 Å². The molecule has 0 saturated carbocycles. The lowest BCUT2D eigenvalue weighted by molar-refractivity contribution is 0.274. The maximum Gasteiger partial charge on any atom is 0.159 e. The Kier molecular flexibility index (Phi) is 9.15. The summed E-state index contributed by atoms with van der Waals surface area (Å²) in [7, 11) is 0. The van der Waals surface area contributed by atoms with Crippen molar-refractivity contribution in [1.82, 2.24) is 25.5 Å². The van der Waals surface area contributed by atoms with Crippen LogP contribution in [0.25, 0.3) is 0 Å². The zero-order chi connectivity index (χ0) is 23.6. The van der Waals surface area contributed by atoms with E-state index in [1.165, 1.54) is 0 Å². The van der Waals surface area contributed by atoms with Gasteiger partial charge in [-0.3, -0.25) is 9.71 Å². The molecule has 0 aliphatic carbocycles. The standard InChI is InChI=1S/C26H29BrN6S/c1-2-9-21(13-8-17-34-30-19-22-12-6-7-15-28-22)31-25-18-24(20-10-4-3-5-11-20)32-26-23(27)14-16-29-33(25)26/h3-13,15,18,29-31H,2,14,16-17,19H2,1H3/b13-8-,21-9+. The van der Waals surface area contributed by atoms with E-state index < -0.39 is 0 Å². The fraction of sp³-hybridized carbons (Fsp3) is 0.231. The van der Waals surface area contributed by atoms with Crippen molar-refractivity contribution in [3.63, 3.8) is 0 Å². The molecule has 3 heterocycles. The summed E-state index contributed by atoms with van der Waals surface area (Å²) in [6.07, 6.45) is 12.2. The number of aliphatic imine (C=N–C) groups is 1. The molecular weight excluding hydrogens is 508 g/mol. The summed E-state index contributed by atoms with van der Waals surface area (Å²) in [5, 5.41) is 5.64. The summed E-state index contributed by atoms with van der Waals surface area (Å²) in [4.78, 5) is 9.26. The van der Waals surface area contributed by atoms with Gasteiger partial charge in [0.2, 0.25) is 0 Å². The number of hydrogen-bond acceptors (Lipinski definition) is 7. The van der Waals surface area contributed by atoms with E-state index in [4.69, 9.17) is 4.99 Å². The summed E-state index contributed by atoms with van der Waals surface area (Å²) in [5.41, 5.74) is 7.57. The normalized spacial score (nSPS) is 16.4. The van der Waals surface area contributed by atoms with Crippen molar-refractivity contribution in [3.05, 3.63) is 112 Å². The van der Waals surface area contributed by atoms with E-state index in [1.54, 1.807) is 11.9 Å². The third kappa shape index (κ3) is 6.70. The fourth-order valence-corrected chi connectivity index (χ4v) is 4.55. The quantitative estimate of drug-likeness (QED) is 0.215. The molecule has 4 rings (SSSR count). The predicted octanol–water partition coefficient (Wildman–Crippen LogP) is 5.38. The molecule has 3 N–H and O–H groups in total. The Morgan fingerprint density at radius 2 is 2.06 bits per heavy atom. The lowest BCUT2D eigenvalue weighted by Crippen LogP contribution is -2.46. The second-order valence-electron chi connectivity index (χ2n) is 7.66. The highest BCUT2D eigenvalue weighted by Gasteiger charge is 2.26.